The molecule has 0 saturated carbocycles. The van der Waals surface area contributed by atoms with Gasteiger partial charge in [-0.2, -0.15) is 5.10 Å². The molecule has 0 spiro atoms. The molecule has 0 unspecified atom stereocenters. The van der Waals surface area contributed by atoms with E-state index in [0.717, 1.165) is 54.0 Å². The van der Waals surface area contributed by atoms with E-state index in [4.69, 9.17) is 16.3 Å². The van der Waals surface area contributed by atoms with E-state index in [1.807, 2.05) is 67.0 Å². The van der Waals surface area contributed by atoms with E-state index >= 15 is 0 Å². The zero-order chi connectivity index (χ0) is 20.3. The van der Waals surface area contributed by atoms with Gasteiger partial charge in [0.1, 0.15) is 11.9 Å². The summed E-state index contributed by atoms with van der Waals surface area (Å²) in [6.07, 6.45) is 5.88. The Labute approximate surface area is 179 Å². The second-order valence-electron chi connectivity index (χ2n) is 7.44. The standard InChI is InChI=1S/C23H22ClN5O/c24-21-12-16(13-22-20(21)6-9-25-22)27-23-14-17(15-26-28-23)29-10-7-19(8-11-29)30-18-4-2-1-3-5-18/h1-6,9,12-15,19,25H,7-8,10-11H2,(H,27,28). The average molecular weight is 420 g/mol. The SMILES string of the molecule is Clc1cc(Nc2cc(N3CCC(Oc4ccccc4)CC3)cnn2)cc2[nH]ccc12. The maximum absolute atomic E-state index is 6.38. The van der Waals surface area contributed by atoms with E-state index < -0.39 is 0 Å². The predicted molar refractivity (Wildman–Crippen MR) is 121 cm³/mol. The fourth-order valence-corrected chi connectivity index (χ4v) is 4.14. The number of H-pyrrole nitrogens is 1. The second kappa shape index (κ2) is 8.24. The molecule has 1 saturated heterocycles. The molecule has 0 radical (unpaired) electrons. The lowest BCUT2D eigenvalue weighted by Gasteiger charge is -2.33. The average Bonchev–Trinajstić information content (AvgIpc) is 3.25. The fourth-order valence-electron chi connectivity index (χ4n) is 3.86. The first-order chi connectivity index (χ1) is 14.7. The molecule has 1 fully saturated rings. The Kier molecular flexibility index (Phi) is 5.15. The molecule has 3 heterocycles. The molecule has 2 N–H and O–H groups in total. The van der Waals surface area contributed by atoms with Crippen molar-refractivity contribution in [3.8, 4) is 5.75 Å². The molecule has 0 aliphatic carbocycles. The van der Waals surface area contributed by atoms with Crippen LogP contribution in [0.2, 0.25) is 5.02 Å². The molecule has 2 aromatic heterocycles. The van der Waals surface area contributed by atoms with Crippen LogP contribution in [0, 0.1) is 0 Å². The molecule has 6 nitrogen and oxygen atoms in total. The highest BCUT2D eigenvalue weighted by Gasteiger charge is 2.21. The van der Waals surface area contributed by atoms with Crippen molar-refractivity contribution in [1.82, 2.24) is 15.2 Å². The van der Waals surface area contributed by atoms with Gasteiger partial charge < -0.3 is 19.9 Å². The van der Waals surface area contributed by atoms with Gasteiger partial charge in [-0.05, 0) is 30.3 Å². The Hall–Kier alpha value is -3.25. The van der Waals surface area contributed by atoms with Crippen LogP contribution in [0.1, 0.15) is 12.8 Å². The van der Waals surface area contributed by atoms with Crippen LogP contribution >= 0.6 is 11.6 Å². The number of halogens is 1. The number of fused-ring (bicyclic) bond motifs is 1. The number of nitrogens with one attached hydrogen (secondary N) is 2. The number of anilines is 3. The minimum atomic E-state index is 0.241. The lowest BCUT2D eigenvalue weighted by atomic mass is 10.1. The van der Waals surface area contributed by atoms with Crippen molar-refractivity contribution in [2.75, 3.05) is 23.3 Å². The van der Waals surface area contributed by atoms with Crippen molar-refractivity contribution >= 4 is 39.7 Å². The van der Waals surface area contributed by atoms with Crippen molar-refractivity contribution in [3.05, 3.63) is 72.0 Å². The van der Waals surface area contributed by atoms with Crippen LogP contribution in [0.15, 0.2) is 67.0 Å². The first kappa shape index (κ1) is 18.8. The minimum absolute atomic E-state index is 0.241. The van der Waals surface area contributed by atoms with E-state index in [9.17, 15) is 0 Å². The molecular weight excluding hydrogens is 398 g/mol. The quantitative estimate of drug-likeness (QED) is 0.453. The molecule has 2 aromatic carbocycles. The zero-order valence-electron chi connectivity index (χ0n) is 16.4. The molecule has 1 aliphatic rings. The Morgan fingerprint density at radius 1 is 1.07 bits per heavy atom. The first-order valence-electron chi connectivity index (χ1n) is 10.1. The van der Waals surface area contributed by atoms with Crippen LogP contribution in [0.5, 0.6) is 5.75 Å². The van der Waals surface area contributed by atoms with E-state index in [2.05, 4.69) is 25.4 Å². The van der Waals surface area contributed by atoms with Gasteiger partial charge in [0.2, 0.25) is 0 Å². The lowest BCUT2D eigenvalue weighted by Crippen LogP contribution is -2.38. The molecule has 30 heavy (non-hydrogen) atoms. The topological polar surface area (TPSA) is 66.1 Å². The summed E-state index contributed by atoms with van der Waals surface area (Å²) in [7, 11) is 0. The Morgan fingerprint density at radius 3 is 2.73 bits per heavy atom. The first-order valence-corrected chi connectivity index (χ1v) is 10.5. The maximum Gasteiger partial charge on any atom is 0.155 e. The predicted octanol–water partition coefficient (Wildman–Crippen LogP) is 5.40. The molecule has 0 bridgehead atoms. The molecule has 152 valence electrons. The third kappa shape index (κ3) is 4.04. The molecule has 4 aromatic rings. The number of piperidine rings is 1. The minimum Gasteiger partial charge on any atom is -0.490 e. The van der Waals surface area contributed by atoms with Crippen molar-refractivity contribution < 1.29 is 4.74 Å². The molecule has 5 rings (SSSR count). The van der Waals surface area contributed by atoms with Crippen LogP contribution in [0.3, 0.4) is 0 Å². The number of aromatic nitrogens is 3. The summed E-state index contributed by atoms with van der Waals surface area (Å²) in [4.78, 5) is 5.52. The molecule has 0 amide bonds. The van der Waals surface area contributed by atoms with E-state index in [1.54, 1.807) is 0 Å². The van der Waals surface area contributed by atoms with Gasteiger partial charge in [0.05, 0.1) is 16.9 Å². The Bertz CT molecular complexity index is 1140. The second-order valence-corrected chi connectivity index (χ2v) is 7.85. The zero-order valence-corrected chi connectivity index (χ0v) is 17.1. The van der Waals surface area contributed by atoms with Gasteiger partial charge in [0.15, 0.2) is 5.82 Å². The smallest absolute Gasteiger partial charge is 0.155 e. The van der Waals surface area contributed by atoms with Crippen LogP contribution in [0.25, 0.3) is 10.9 Å². The largest absolute Gasteiger partial charge is 0.490 e. The van der Waals surface area contributed by atoms with Gasteiger partial charge in [-0.3, -0.25) is 0 Å². The van der Waals surface area contributed by atoms with Gasteiger partial charge >= 0.3 is 0 Å². The van der Waals surface area contributed by atoms with Gasteiger partial charge in [0.25, 0.3) is 0 Å². The van der Waals surface area contributed by atoms with Crippen LogP contribution in [0.4, 0.5) is 17.2 Å². The van der Waals surface area contributed by atoms with Gasteiger partial charge in [-0.25, -0.2) is 0 Å². The van der Waals surface area contributed by atoms with Gasteiger partial charge in [0, 0.05) is 54.8 Å². The highest BCUT2D eigenvalue weighted by atomic mass is 35.5. The van der Waals surface area contributed by atoms with Crippen molar-refractivity contribution in [2.24, 2.45) is 0 Å². The number of rotatable bonds is 5. The highest BCUT2D eigenvalue weighted by Crippen LogP contribution is 2.29. The van der Waals surface area contributed by atoms with Crippen LogP contribution in [-0.2, 0) is 0 Å². The van der Waals surface area contributed by atoms with Crippen molar-refractivity contribution in [3.63, 3.8) is 0 Å². The van der Waals surface area contributed by atoms with Crippen LogP contribution in [-0.4, -0.2) is 34.4 Å². The van der Waals surface area contributed by atoms with E-state index in [1.165, 1.54) is 0 Å². The van der Waals surface area contributed by atoms with Gasteiger partial charge in [-0.15, -0.1) is 5.10 Å². The third-order valence-electron chi connectivity index (χ3n) is 5.38. The Balaban J connectivity index is 1.25. The van der Waals surface area contributed by atoms with Gasteiger partial charge in [-0.1, -0.05) is 29.8 Å². The van der Waals surface area contributed by atoms with Crippen LogP contribution < -0.4 is 15.0 Å². The molecule has 7 heteroatoms. The monoisotopic (exact) mass is 419 g/mol. The number of nitrogens with zero attached hydrogens (tertiary/aromatic N) is 3. The normalized spacial score (nSPS) is 14.8. The molecule has 1 aliphatic heterocycles. The number of hydrogen-bond acceptors (Lipinski definition) is 5. The number of hydrogen-bond donors (Lipinski definition) is 2. The third-order valence-corrected chi connectivity index (χ3v) is 5.70. The number of para-hydroxylation sites is 1. The lowest BCUT2D eigenvalue weighted by molar-refractivity contribution is 0.171. The van der Waals surface area contributed by atoms with E-state index in [0.29, 0.717) is 10.8 Å². The summed E-state index contributed by atoms with van der Waals surface area (Å²) in [6.45, 7) is 1.84. The molecule has 0 atom stereocenters. The Morgan fingerprint density at radius 2 is 1.90 bits per heavy atom. The fraction of sp³-hybridized carbons (Fsp3) is 0.217. The molecular formula is C23H22ClN5O. The highest BCUT2D eigenvalue weighted by molar-refractivity contribution is 6.35. The maximum atomic E-state index is 6.38. The summed E-state index contributed by atoms with van der Waals surface area (Å²) in [5.41, 5.74) is 2.91. The summed E-state index contributed by atoms with van der Waals surface area (Å²) in [6, 6.07) is 17.9. The summed E-state index contributed by atoms with van der Waals surface area (Å²) < 4.78 is 6.10. The number of aromatic amines is 1. The summed E-state index contributed by atoms with van der Waals surface area (Å²) in [5.74, 6) is 1.63. The van der Waals surface area contributed by atoms with Crippen molar-refractivity contribution in [2.45, 2.75) is 18.9 Å². The number of benzene rings is 2. The van der Waals surface area contributed by atoms with E-state index in [-0.39, 0.29) is 6.10 Å². The number of ether oxygens (including phenoxy) is 1. The summed E-state index contributed by atoms with van der Waals surface area (Å²) in [5, 5.41) is 13.4. The summed E-state index contributed by atoms with van der Waals surface area (Å²) >= 11 is 6.38. The van der Waals surface area contributed by atoms with Crippen molar-refractivity contribution in [1.29, 1.82) is 0 Å².